The van der Waals surface area contributed by atoms with Crippen LogP contribution in [0.15, 0.2) is 24.4 Å². The zero-order chi connectivity index (χ0) is 16.4. The van der Waals surface area contributed by atoms with Crippen LogP contribution < -0.4 is 11.1 Å². The Labute approximate surface area is 124 Å². The van der Waals surface area contributed by atoms with E-state index in [1.54, 1.807) is 7.05 Å². The van der Waals surface area contributed by atoms with Crippen molar-refractivity contribution in [1.29, 1.82) is 0 Å². The molecule has 0 spiro atoms. The number of primary amides is 1. The summed E-state index contributed by atoms with van der Waals surface area (Å²) in [7, 11) is 1.57. The standard InChI is InChI=1S/C13H13N5O4/c1-7-8(4-3-5-10(7)18(21)22)13(20)15-12-9(11(14)19)6-17(2)16-12/h3-6H,1-2H3,(H2,14,19)(H,15,16,20). The van der Waals surface area contributed by atoms with E-state index >= 15 is 0 Å². The Morgan fingerprint density at radius 3 is 2.64 bits per heavy atom. The van der Waals surface area contributed by atoms with Crippen molar-refractivity contribution in [2.75, 3.05) is 5.32 Å². The number of carbonyl (C=O) groups is 2. The fourth-order valence-electron chi connectivity index (χ4n) is 2.00. The van der Waals surface area contributed by atoms with Gasteiger partial charge in [-0.1, -0.05) is 6.07 Å². The molecule has 0 fully saturated rings. The van der Waals surface area contributed by atoms with Crippen molar-refractivity contribution in [2.24, 2.45) is 12.8 Å². The summed E-state index contributed by atoms with van der Waals surface area (Å²) in [5, 5.41) is 17.3. The summed E-state index contributed by atoms with van der Waals surface area (Å²) in [6, 6.07) is 4.17. The second kappa shape index (κ2) is 5.64. The van der Waals surface area contributed by atoms with Crippen LogP contribution in [0.1, 0.15) is 26.3 Å². The first-order valence-corrected chi connectivity index (χ1v) is 6.20. The molecule has 0 atom stereocenters. The minimum Gasteiger partial charge on any atom is -0.365 e. The van der Waals surface area contributed by atoms with Gasteiger partial charge in [-0.15, -0.1) is 0 Å². The molecule has 114 valence electrons. The Morgan fingerprint density at radius 2 is 2.05 bits per heavy atom. The lowest BCUT2D eigenvalue weighted by Gasteiger charge is -2.06. The molecule has 2 rings (SSSR count). The zero-order valence-corrected chi connectivity index (χ0v) is 11.9. The van der Waals surface area contributed by atoms with Crippen molar-refractivity contribution in [3.8, 4) is 0 Å². The van der Waals surface area contributed by atoms with Gasteiger partial charge in [0.1, 0.15) is 5.56 Å². The highest BCUT2D eigenvalue weighted by Gasteiger charge is 2.21. The molecule has 1 aromatic heterocycles. The van der Waals surface area contributed by atoms with Gasteiger partial charge in [0.25, 0.3) is 17.5 Å². The van der Waals surface area contributed by atoms with Gasteiger partial charge in [-0.05, 0) is 13.0 Å². The second-order valence-corrected chi connectivity index (χ2v) is 4.59. The largest absolute Gasteiger partial charge is 0.365 e. The zero-order valence-electron chi connectivity index (χ0n) is 11.9. The molecule has 0 aliphatic heterocycles. The van der Waals surface area contributed by atoms with E-state index in [4.69, 9.17) is 5.73 Å². The number of nitro benzene ring substituents is 1. The monoisotopic (exact) mass is 303 g/mol. The first kappa shape index (κ1) is 15.2. The average Bonchev–Trinajstić information content (AvgIpc) is 2.79. The molecular weight excluding hydrogens is 290 g/mol. The first-order valence-electron chi connectivity index (χ1n) is 6.20. The van der Waals surface area contributed by atoms with E-state index in [9.17, 15) is 19.7 Å². The molecule has 0 bridgehead atoms. The number of nitro groups is 1. The number of amides is 2. The molecule has 22 heavy (non-hydrogen) atoms. The van der Waals surface area contributed by atoms with Crippen molar-refractivity contribution in [3.05, 3.63) is 51.2 Å². The van der Waals surface area contributed by atoms with Gasteiger partial charge in [0, 0.05) is 30.4 Å². The van der Waals surface area contributed by atoms with Gasteiger partial charge in [0.2, 0.25) is 0 Å². The SMILES string of the molecule is Cc1c(C(=O)Nc2nn(C)cc2C(N)=O)cccc1[N+](=O)[O-]. The van der Waals surface area contributed by atoms with Crippen LogP contribution >= 0.6 is 0 Å². The summed E-state index contributed by atoms with van der Waals surface area (Å²) in [5.41, 5.74) is 5.44. The van der Waals surface area contributed by atoms with Crippen molar-refractivity contribution in [3.63, 3.8) is 0 Å². The van der Waals surface area contributed by atoms with Crippen LogP contribution in [0.5, 0.6) is 0 Å². The topological polar surface area (TPSA) is 133 Å². The highest BCUT2D eigenvalue weighted by molar-refractivity contribution is 6.08. The van der Waals surface area contributed by atoms with Gasteiger partial charge in [-0.25, -0.2) is 0 Å². The summed E-state index contributed by atoms with van der Waals surface area (Å²) >= 11 is 0. The van der Waals surface area contributed by atoms with E-state index in [1.807, 2.05) is 0 Å². The third kappa shape index (κ3) is 2.77. The second-order valence-electron chi connectivity index (χ2n) is 4.59. The smallest absolute Gasteiger partial charge is 0.273 e. The molecule has 2 amide bonds. The Bertz CT molecular complexity index is 781. The highest BCUT2D eigenvalue weighted by atomic mass is 16.6. The predicted molar refractivity (Wildman–Crippen MR) is 77.5 cm³/mol. The van der Waals surface area contributed by atoms with E-state index in [0.717, 1.165) is 0 Å². The predicted octanol–water partition coefficient (Wildman–Crippen LogP) is 0.988. The maximum Gasteiger partial charge on any atom is 0.273 e. The summed E-state index contributed by atoms with van der Waals surface area (Å²) in [6.45, 7) is 1.47. The number of anilines is 1. The number of nitrogens with two attached hydrogens (primary N) is 1. The molecule has 0 saturated carbocycles. The Kier molecular flexibility index (Phi) is 3.89. The van der Waals surface area contributed by atoms with E-state index in [0.29, 0.717) is 0 Å². The molecular formula is C13H13N5O4. The van der Waals surface area contributed by atoms with Gasteiger partial charge >= 0.3 is 0 Å². The van der Waals surface area contributed by atoms with Crippen molar-refractivity contribution in [1.82, 2.24) is 9.78 Å². The van der Waals surface area contributed by atoms with Gasteiger partial charge in [-0.3, -0.25) is 24.4 Å². The molecule has 9 nitrogen and oxygen atoms in total. The Morgan fingerprint density at radius 1 is 1.36 bits per heavy atom. The summed E-state index contributed by atoms with van der Waals surface area (Å²) < 4.78 is 1.33. The number of nitrogens with zero attached hydrogens (tertiary/aromatic N) is 3. The lowest BCUT2D eigenvalue weighted by Crippen LogP contribution is -2.18. The molecule has 0 aliphatic carbocycles. The van der Waals surface area contributed by atoms with Crippen LogP contribution in [0.25, 0.3) is 0 Å². The summed E-state index contributed by atoms with van der Waals surface area (Å²) in [5.74, 6) is -1.34. The molecule has 2 aromatic rings. The number of rotatable bonds is 4. The third-order valence-corrected chi connectivity index (χ3v) is 3.07. The fraction of sp³-hybridized carbons (Fsp3) is 0.154. The lowest BCUT2D eigenvalue weighted by molar-refractivity contribution is -0.385. The first-order chi connectivity index (χ1) is 10.3. The molecule has 9 heteroatoms. The van der Waals surface area contributed by atoms with E-state index in [2.05, 4.69) is 10.4 Å². The highest BCUT2D eigenvalue weighted by Crippen LogP contribution is 2.22. The van der Waals surface area contributed by atoms with Crippen LogP contribution in [0.3, 0.4) is 0 Å². The average molecular weight is 303 g/mol. The van der Waals surface area contributed by atoms with Crippen molar-refractivity contribution in [2.45, 2.75) is 6.92 Å². The normalized spacial score (nSPS) is 10.3. The van der Waals surface area contributed by atoms with Crippen LogP contribution in [-0.4, -0.2) is 26.5 Å². The van der Waals surface area contributed by atoms with E-state index < -0.39 is 16.7 Å². The molecule has 3 N–H and O–H groups in total. The van der Waals surface area contributed by atoms with Crippen molar-refractivity contribution >= 4 is 23.3 Å². The molecule has 0 saturated heterocycles. The summed E-state index contributed by atoms with van der Waals surface area (Å²) in [4.78, 5) is 33.9. The number of hydrogen-bond donors (Lipinski definition) is 2. The minimum atomic E-state index is -0.737. The van der Waals surface area contributed by atoms with Crippen LogP contribution in [0.4, 0.5) is 11.5 Å². The molecule has 0 unspecified atom stereocenters. The maximum absolute atomic E-state index is 12.3. The number of aromatic nitrogens is 2. The van der Waals surface area contributed by atoms with Gasteiger partial charge in [0.05, 0.1) is 4.92 Å². The number of benzene rings is 1. The van der Waals surface area contributed by atoms with Crippen LogP contribution in [0, 0.1) is 17.0 Å². The molecule has 0 aliphatic rings. The lowest BCUT2D eigenvalue weighted by atomic mass is 10.1. The Hall–Kier alpha value is -3.23. The minimum absolute atomic E-state index is 0.00547. The quantitative estimate of drug-likeness (QED) is 0.641. The third-order valence-electron chi connectivity index (χ3n) is 3.07. The summed E-state index contributed by atoms with van der Waals surface area (Å²) in [6.07, 6.45) is 1.37. The van der Waals surface area contributed by atoms with Gasteiger partial charge in [0.15, 0.2) is 5.82 Å². The number of carbonyl (C=O) groups excluding carboxylic acids is 2. The molecule has 1 aromatic carbocycles. The molecule has 0 radical (unpaired) electrons. The fourth-order valence-corrected chi connectivity index (χ4v) is 2.00. The maximum atomic E-state index is 12.3. The van der Waals surface area contributed by atoms with Crippen molar-refractivity contribution < 1.29 is 14.5 Å². The van der Waals surface area contributed by atoms with E-state index in [1.165, 1.54) is 36.0 Å². The van der Waals surface area contributed by atoms with Crippen LogP contribution in [0.2, 0.25) is 0 Å². The van der Waals surface area contributed by atoms with Gasteiger partial charge in [-0.2, -0.15) is 5.10 Å². The molecule has 1 heterocycles. The Balaban J connectivity index is 2.37. The van der Waals surface area contributed by atoms with E-state index in [-0.39, 0.29) is 28.2 Å². The van der Waals surface area contributed by atoms with Gasteiger partial charge < -0.3 is 11.1 Å². The van der Waals surface area contributed by atoms with Crippen LogP contribution in [-0.2, 0) is 7.05 Å². The number of hydrogen-bond acceptors (Lipinski definition) is 5. The number of aryl methyl sites for hydroxylation is 1. The number of nitrogens with one attached hydrogen (secondary N) is 1.